The number of alkyl halides is 3. The molecule has 1 atom stereocenters. The van der Waals surface area contributed by atoms with Crippen LogP contribution in [-0.4, -0.2) is 22.8 Å². The topological polar surface area (TPSA) is 57.5 Å². The molecule has 0 bridgehead atoms. The number of rotatable bonds is 4. The molecule has 6 heteroatoms. The van der Waals surface area contributed by atoms with E-state index in [1.54, 1.807) is 13.0 Å². The van der Waals surface area contributed by atoms with Crippen LogP contribution in [0.3, 0.4) is 0 Å². The molecule has 1 unspecified atom stereocenters. The number of aliphatic hydroxyl groups is 1. The van der Waals surface area contributed by atoms with Crippen LogP contribution in [0.25, 0.3) is 5.57 Å². The first-order chi connectivity index (χ1) is 11.3. The quantitative estimate of drug-likeness (QED) is 0.860. The van der Waals surface area contributed by atoms with E-state index < -0.39 is 17.7 Å². The first-order valence-corrected chi connectivity index (χ1v) is 7.68. The number of benzene rings is 1. The first-order valence-electron chi connectivity index (χ1n) is 7.68. The van der Waals surface area contributed by atoms with E-state index >= 15 is 0 Å². The molecule has 130 valence electrons. The molecule has 1 aliphatic rings. The van der Waals surface area contributed by atoms with Gasteiger partial charge in [0, 0.05) is 6.61 Å². The molecule has 24 heavy (non-hydrogen) atoms. The van der Waals surface area contributed by atoms with E-state index in [1.165, 1.54) is 18.2 Å². The molecule has 0 aromatic heterocycles. The number of carboxylic acids is 1. The summed E-state index contributed by atoms with van der Waals surface area (Å²) in [6.07, 6.45) is -1.74. The Bertz CT molecular complexity index is 687. The van der Waals surface area contributed by atoms with E-state index in [4.69, 9.17) is 5.11 Å². The lowest BCUT2D eigenvalue weighted by Gasteiger charge is -2.17. The number of aliphatic hydroxyl groups excluding tert-OH is 1. The number of halogens is 3. The summed E-state index contributed by atoms with van der Waals surface area (Å²) >= 11 is 0. The second-order valence-electron chi connectivity index (χ2n) is 5.84. The molecular formula is C18H19F3O3. The van der Waals surface area contributed by atoms with E-state index in [1.807, 2.05) is 0 Å². The lowest BCUT2D eigenvalue weighted by molar-refractivity contribution is -0.137. The fourth-order valence-corrected chi connectivity index (χ4v) is 3.08. The smallest absolute Gasteiger partial charge is 0.416 e. The van der Waals surface area contributed by atoms with Gasteiger partial charge in [-0.25, -0.2) is 4.79 Å². The number of hydrogen-bond donors (Lipinski definition) is 2. The third-order valence-corrected chi connectivity index (χ3v) is 4.31. The van der Waals surface area contributed by atoms with Crippen molar-refractivity contribution in [2.75, 3.05) is 6.61 Å². The summed E-state index contributed by atoms with van der Waals surface area (Å²) in [5, 5.41) is 18.5. The van der Waals surface area contributed by atoms with Crippen LogP contribution in [0.15, 0.2) is 41.5 Å². The van der Waals surface area contributed by atoms with Crippen molar-refractivity contribution in [2.24, 2.45) is 5.92 Å². The van der Waals surface area contributed by atoms with Crippen LogP contribution in [0.2, 0.25) is 0 Å². The number of aliphatic carboxylic acids is 1. The van der Waals surface area contributed by atoms with Gasteiger partial charge in [0.15, 0.2) is 0 Å². The van der Waals surface area contributed by atoms with Crippen molar-refractivity contribution in [1.82, 2.24) is 0 Å². The summed E-state index contributed by atoms with van der Waals surface area (Å²) in [6.45, 7) is 1.45. The number of carboxylic acid groups (broad SMARTS) is 1. The maximum Gasteiger partial charge on any atom is 0.416 e. The largest absolute Gasteiger partial charge is 0.478 e. The summed E-state index contributed by atoms with van der Waals surface area (Å²) in [4.78, 5) is 11.5. The van der Waals surface area contributed by atoms with Crippen LogP contribution in [0.1, 0.15) is 37.3 Å². The Hall–Kier alpha value is -2.08. The number of carbonyl (C=O) groups is 1. The molecule has 1 aliphatic carbocycles. The lowest BCUT2D eigenvalue weighted by atomic mass is 9.90. The average Bonchev–Trinajstić information content (AvgIpc) is 2.66. The molecule has 0 radical (unpaired) electrons. The van der Waals surface area contributed by atoms with Gasteiger partial charge in [-0.05, 0) is 54.9 Å². The highest BCUT2D eigenvalue weighted by molar-refractivity contribution is 5.95. The highest BCUT2D eigenvalue weighted by atomic mass is 19.4. The summed E-state index contributed by atoms with van der Waals surface area (Å²) in [7, 11) is 0. The minimum absolute atomic E-state index is 0.0120. The monoisotopic (exact) mass is 340 g/mol. The maximum absolute atomic E-state index is 13.3. The Kier molecular flexibility index (Phi) is 5.49. The van der Waals surface area contributed by atoms with Crippen molar-refractivity contribution in [3.05, 3.63) is 52.6 Å². The molecule has 1 aromatic carbocycles. The summed E-state index contributed by atoms with van der Waals surface area (Å²) in [6, 6.07) is 5.23. The molecule has 0 heterocycles. The van der Waals surface area contributed by atoms with Gasteiger partial charge in [0.25, 0.3) is 0 Å². The molecule has 2 N–H and O–H groups in total. The molecule has 3 nitrogen and oxygen atoms in total. The molecular weight excluding hydrogens is 321 g/mol. The molecule has 0 fully saturated rings. The van der Waals surface area contributed by atoms with Gasteiger partial charge in [-0.15, -0.1) is 0 Å². The zero-order chi connectivity index (χ0) is 17.9. The zero-order valence-corrected chi connectivity index (χ0v) is 13.2. The Morgan fingerprint density at radius 1 is 1.29 bits per heavy atom. The maximum atomic E-state index is 13.3. The third-order valence-electron chi connectivity index (χ3n) is 4.31. The average molecular weight is 340 g/mol. The highest BCUT2D eigenvalue weighted by Gasteiger charge is 2.34. The minimum Gasteiger partial charge on any atom is -0.478 e. The van der Waals surface area contributed by atoms with Gasteiger partial charge in [0.2, 0.25) is 0 Å². The molecule has 0 spiro atoms. The standard InChI is InChI=1S/C18H19F3O3/c1-11-13(14-4-2-3-5-16(14)18(19,20)21)7-6-12(8-9-22)10-15(11)17(23)24/h2-5,10,12,22H,6-9H2,1H3,(H,23,24). The highest BCUT2D eigenvalue weighted by Crippen LogP contribution is 2.40. The predicted molar refractivity (Wildman–Crippen MR) is 84.2 cm³/mol. The second-order valence-corrected chi connectivity index (χ2v) is 5.84. The fourth-order valence-electron chi connectivity index (χ4n) is 3.08. The van der Waals surface area contributed by atoms with Crippen LogP contribution in [0.5, 0.6) is 0 Å². The van der Waals surface area contributed by atoms with Crippen molar-refractivity contribution < 1.29 is 28.2 Å². The van der Waals surface area contributed by atoms with E-state index in [-0.39, 0.29) is 23.7 Å². The van der Waals surface area contributed by atoms with Crippen LogP contribution in [-0.2, 0) is 11.0 Å². The molecule has 0 saturated carbocycles. The van der Waals surface area contributed by atoms with Crippen LogP contribution in [0.4, 0.5) is 13.2 Å². The Balaban J connectivity index is 2.57. The number of hydrogen-bond acceptors (Lipinski definition) is 2. The van der Waals surface area contributed by atoms with Crippen LogP contribution < -0.4 is 0 Å². The lowest BCUT2D eigenvalue weighted by Crippen LogP contribution is -2.10. The Morgan fingerprint density at radius 2 is 1.96 bits per heavy atom. The fraction of sp³-hybridized carbons (Fsp3) is 0.389. The van der Waals surface area contributed by atoms with E-state index in [0.29, 0.717) is 30.4 Å². The minimum atomic E-state index is -4.51. The molecule has 1 aromatic rings. The molecule has 0 aliphatic heterocycles. The van der Waals surface area contributed by atoms with Gasteiger partial charge in [0.05, 0.1) is 11.1 Å². The van der Waals surface area contributed by atoms with Gasteiger partial charge in [-0.3, -0.25) is 0 Å². The zero-order valence-electron chi connectivity index (χ0n) is 13.2. The van der Waals surface area contributed by atoms with Crippen molar-refractivity contribution in [3.8, 4) is 0 Å². The molecule has 0 saturated heterocycles. The van der Waals surface area contributed by atoms with Gasteiger partial charge >= 0.3 is 12.1 Å². The van der Waals surface area contributed by atoms with Crippen molar-refractivity contribution in [1.29, 1.82) is 0 Å². The van der Waals surface area contributed by atoms with Crippen LogP contribution >= 0.6 is 0 Å². The van der Waals surface area contributed by atoms with Gasteiger partial charge < -0.3 is 10.2 Å². The van der Waals surface area contributed by atoms with E-state index in [0.717, 1.165) is 6.07 Å². The Morgan fingerprint density at radius 3 is 2.54 bits per heavy atom. The van der Waals surface area contributed by atoms with Crippen molar-refractivity contribution >= 4 is 11.5 Å². The van der Waals surface area contributed by atoms with Gasteiger partial charge in [0.1, 0.15) is 0 Å². The second kappa shape index (κ2) is 7.21. The third kappa shape index (κ3) is 3.87. The van der Waals surface area contributed by atoms with E-state index in [2.05, 4.69) is 0 Å². The Labute approximate surface area is 138 Å². The molecule has 2 rings (SSSR count). The summed E-state index contributed by atoms with van der Waals surface area (Å²) < 4.78 is 39.9. The SMILES string of the molecule is CC1=C(c2ccccc2C(F)(F)F)CCC(CCO)C=C1C(=O)O. The predicted octanol–water partition coefficient (Wildman–Crippen LogP) is 4.28. The normalized spacial score (nSPS) is 19.0. The number of allylic oxidation sites excluding steroid dienone is 2. The van der Waals surface area contributed by atoms with Gasteiger partial charge in [-0.1, -0.05) is 24.3 Å². The van der Waals surface area contributed by atoms with E-state index in [9.17, 15) is 23.1 Å². The first kappa shape index (κ1) is 18.3. The van der Waals surface area contributed by atoms with Crippen LogP contribution in [0, 0.1) is 5.92 Å². The molecule has 0 amide bonds. The van der Waals surface area contributed by atoms with Crippen molar-refractivity contribution in [3.63, 3.8) is 0 Å². The summed E-state index contributed by atoms with van der Waals surface area (Å²) in [5.41, 5.74) is 0.0265. The van der Waals surface area contributed by atoms with Gasteiger partial charge in [-0.2, -0.15) is 13.2 Å². The van der Waals surface area contributed by atoms with Crippen molar-refractivity contribution in [2.45, 2.75) is 32.4 Å². The summed E-state index contributed by atoms with van der Waals surface area (Å²) in [5.74, 6) is -1.34.